The number of nitrogens with zero attached hydrogens (tertiary/aromatic N) is 1. The third-order valence-electron chi connectivity index (χ3n) is 5.15. The van der Waals surface area contributed by atoms with E-state index < -0.39 is 0 Å². The van der Waals surface area contributed by atoms with E-state index in [1.165, 1.54) is 58.0 Å². The Bertz CT molecular complexity index is 375. The number of rotatable bonds is 4. The molecule has 3 nitrogen and oxygen atoms in total. The van der Waals surface area contributed by atoms with Crippen LogP contribution in [0, 0.1) is 0 Å². The van der Waals surface area contributed by atoms with Crippen molar-refractivity contribution in [2.75, 3.05) is 13.1 Å². The molecule has 1 saturated heterocycles. The lowest BCUT2D eigenvalue weighted by atomic mass is 9.83. The van der Waals surface area contributed by atoms with Crippen molar-refractivity contribution >= 4 is 0 Å². The van der Waals surface area contributed by atoms with Crippen LogP contribution >= 0.6 is 0 Å². The van der Waals surface area contributed by atoms with E-state index in [-0.39, 0.29) is 11.6 Å². The van der Waals surface area contributed by atoms with Crippen LogP contribution in [0.1, 0.15) is 50.7 Å². The highest BCUT2D eigenvalue weighted by Gasteiger charge is 2.44. The van der Waals surface area contributed by atoms with E-state index in [0.717, 1.165) is 12.2 Å². The van der Waals surface area contributed by atoms with Crippen molar-refractivity contribution in [2.45, 2.75) is 62.9 Å². The fraction of sp³-hybridized carbons (Fsp3) is 0.750. The number of piperidine rings is 1. The number of likely N-dealkylation sites (tertiary alicyclic amines) is 1. The summed E-state index contributed by atoms with van der Waals surface area (Å²) in [5.74, 6) is 1.04. The summed E-state index contributed by atoms with van der Waals surface area (Å²) in [6, 6.07) is 4.22. The van der Waals surface area contributed by atoms with Crippen LogP contribution in [0.4, 0.5) is 0 Å². The quantitative estimate of drug-likeness (QED) is 0.907. The van der Waals surface area contributed by atoms with E-state index >= 15 is 0 Å². The molecule has 0 spiro atoms. The van der Waals surface area contributed by atoms with E-state index in [2.05, 4.69) is 11.0 Å². The van der Waals surface area contributed by atoms with Crippen LogP contribution < -0.4 is 5.73 Å². The van der Waals surface area contributed by atoms with Crippen LogP contribution in [0.15, 0.2) is 22.8 Å². The molecule has 1 aromatic heterocycles. The van der Waals surface area contributed by atoms with E-state index in [0.29, 0.717) is 0 Å². The minimum absolute atomic E-state index is 0.208. The normalized spacial score (nSPS) is 25.5. The lowest BCUT2D eigenvalue weighted by Gasteiger charge is -2.47. The van der Waals surface area contributed by atoms with Crippen molar-refractivity contribution in [3.8, 4) is 0 Å². The molecule has 2 aliphatic rings. The fourth-order valence-electron chi connectivity index (χ4n) is 4.08. The summed E-state index contributed by atoms with van der Waals surface area (Å²) in [7, 11) is 0. The second kappa shape index (κ2) is 5.68. The SMILES string of the molecule is NC(Cc1ccco1)C1(N2CCCCC2)CCCC1. The molecule has 0 amide bonds. The molecule has 19 heavy (non-hydrogen) atoms. The van der Waals surface area contributed by atoms with Crippen LogP contribution in [-0.2, 0) is 6.42 Å². The molecule has 1 saturated carbocycles. The molecule has 3 rings (SSSR count). The number of nitrogens with two attached hydrogens (primary N) is 1. The third-order valence-corrected chi connectivity index (χ3v) is 5.15. The minimum Gasteiger partial charge on any atom is -0.469 e. The highest BCUT2D eigenvalue weighted by Crippen LogP contribution is 2.39. The Labute approximate surface area is 116 Å². The molecule has 0 aromatic carbocycles. The van der Waals surface area contributed by atoms with Crippen LogP contribution in [0.3, 0.4) is 0 Å². The summed E-state index contributed by atoms with van der Waals surface area (Å²) >= 11 is 0. The standard InChI is InChI=1S/C16H26N2O/c17-15(13-14-7-6-12-19-14)16(8-2-3-9-16)18-10-4-1-5-11-18/h6-7,12,15H,1-5,8-11,13,17H2. The predicted molar refractivity (Wildman–Crippen MR) is 77.0 cm³/mol. The first-order valence-electron chi connectivity index (χ1n) is 7.84. The summed E-state index contributed by atoms with van der Waals surface area (Å²) in [4.78, 5) is 2.71. The first-order chi connectivity index (χ1) is 9.31. The monoisotopic (exact) mass is 262 g/mol. The summed E-state index contributed by atoms with van der Waals surface area (Å²) < 4.78 is 5.50. The molecular weight excluding hydrogens is 236 g/mol. The van der Waals surface area contributed by atoms with Crippen LogP contribution in [0.5, 0.6) is 0 Å². The molecule has 2 fully saturated rings. The van der Waals surface area contributed by atoms with Crippen molar-refractivity contribution in [3.63, 3.8) is 0 Å². The molecule has 1 aromatic rings. The predicted octanol–water partition coefficient (Wildman–Crippen LogP) is 2.95. The van der Waals surface area contributed by atoms with Gasteiger partial charge in [-0.2, -0.15) is 0 Å². The average Bonchev–Trinajstić information content (AvgIpc) is 3.11. The molecule has 2 N–H and O–H groups in total. The van der Waals surface area contributed by atoms with Gasteiger partial charge in [0.15, 0.2) is 0 Å². The zero-order valence-corrected chi connectivity index (χ0v) is 11.8. The Hall–Kier alpha value is -0.800. The fourth-order valence-corrected chi connectivity index (χ4v) is 4.08. The minimum atomic E-state index is 0.208. The second-order valence-corrected chi connectivity index (χ2v) is 6.25. The van der Waals surface area contributed by atoms with Crippen molar-refractivity contribution in [3.05, 3.63) is 24.2 Å². The largest absolute Gasteiger partial charge is 0.469 e. The Morgan fingerprint density at radius 2 is 1.89 bits per heavy atom. The highest BCUT2D eigenvalue weighted by atomic mass is 16.3. The van der Waals surface area contributed by atoms with E-state index in [1.54, 1.807) is 6.26 Å². The van der Waals surface area contributed by atoms with E-state index in [1.807, 2.05) is 6.07 Å². The van der Waals surface area contributed by atoms with Gasteiger partial charge in [-0.1, -0.05) is 19.3 Å². The van der Waals surface area contributed by atoms with Gasteiger partial charge in [0.05, 0.1) is 6.26 Å². The van der Waals surface area contributed by atoms with Crippen LogP contribution in [0.2, 0.25) is 0 Å². The van der Waals surface area contributed by atoms with Crippen molar-refractivity contribution in [2.24, 2.45) is 5.73 Å². The zero-order valence-electron chi connectivity index (χ0n) is 11.8. The van der Waals surface area contributed by atoms with Gasteiger partial charge in [0.1, 0.15) is 5.76 Å². The first-order valence-corrected chi connectivity index (χ1v) is 7.84. The lowest BCUT2D eigenvalue weighted by Crippen LogP contribution is -2.60. The molecular formula is C16H26N2O. The van der Waals surface area contributed by atoms with E-state index in [9.17, 15) is 0 Å². The lowest BCUT2D eigenvalue weighted by molar-refractivity contribution is 0.0468. The summed E-state index contributed by atoms with van der Waals surface area (Å²) in [6.45, 7) is 2.48. The molecule has 1 aliphatic heterocycles. The summed E-state index contributed by atoms with van der Waals surface area (Å²) in [5, 5.41) is 0. The molecule has 0 bridgehead atoms. The van der Waals surface area contributed by atoms with Crippen molar-refractivity contribution in [1.82, 2.24) is 4.90 Å². The number of hydrogen-bond acceptors (Lipinski definition) is 3. The van der Waals surface area contributed by atoms with Gasteiger partial charge in [-0.3, -0.25) is 4.90 Å². The second-order valence-electron chi connectivity index (χ2n) is 6.25. The van der Waals surface area contributed by atoms with Gasteiger partial charge in [0, 0.05) is 18.0 Å². The van der Waals surface area contributed by atoms with Gasteiger partial charge >= 0.3 is 0 Å². The van der Waals surface area contributed by atoms with Gasteiger partial charge in [0.2, 0.25) is 0 Å². The average molecular weight is 262 g/mol. The smallest absolute Gasteiger partial charge is 0.105 e. The molecule has 1 aliphatic carbocycles. The first kappa shape index (κ1) is 13.2. The van der Waals surface area contributed by atoms with Crippen LogP contribution in [0.25, 0.3) is 0 Å². The number of furan rings is 1. The Morgan fingerprint density at radius 1 is 1.16 bits per heavy atom. The molecule has 1 unspecified atom stereocenters. The van der Waals surface area contributed by atoms with Gasteiger partial charge in [-0.05, 0) is 50.9 Å². The molecule has 106 valence electrons. The van der Waals surface area contributed by atoms with Gasteiger partial charge < -0.3 is 10.2 Å². The van der Waals surface area contributed by atoms with Gasteiger partial charge in [-0.15, -0.1) is 0 Å². The Balaban J connectivity index is 1.75. The van der Waals surface area contributed by atoms with Crippen molar-refractivity contribution in [1.29, 1.82) is 0 Å². The Morgan fingerprint density at radius 3 is 2.53 bits per heavy atom. The van der Waals surface area contributed by atoms with Crippen molar-refractivity contribution < 1.29 is 4.42 Å². The highest BCUT2D eigenvalue weighted by molar-refractivity contribution is 5.09. The third kappa shape index (κ3) is 2.59. The topological polar surface area (TPSA) is 42.4 Å². The van der Waals surface area contributed by atoms with Gasteiger partial charge in [-0.25, -0.2) is 0 Å². The van der Waals surface area contributed by atoms with E-state index in [4.69, 9.17) is 10.2 Å². The Kier molecular flexibility index (Phi) is 3.94. The van der Waals surface area contributed by atoms with Gasteiger partial charge in [0.25, 0.3) is 0 Å². The van der Waals surface area contributed by atoms with Crippen LogP contribution in [-0.4, -0.2) is 29.6 Å². The number of hydrogen-bond donors (Lipinski definition) is 1. The maximum absolute atomic E-state index is 6.63. The molecule has 0 radical (unpaired) electrons. The summed E-state index contributed by atoms with van der Waals surface area (Å²) in [6.07, 6.45) is 11.9. The molecule has 1 atom stereocenters. The molecule has 3 heteroatoms. The molecule has 2 heterocycles. The zero-order chi connectivity index (χ0) is 13.1. The maximum atomic E-state index is 6.63. The maximum Gasteiger partial charge on any atom is 0.105 e. The summed E-state index contributed by atoms with van der Waals surface area (Å²) in [5.41, 5.74) is 6.88.